The van der Waals surface area contributed by atoms with Gasteiger partial charge in [0.2, 0.25) is 5.91 Å². The number of benzene rings is 1. The highest BCUT2D eigenvalue weighted by Gasteiger charge is 2.16. The van der Waals surface area contributed by atoms with Crippen molar-refractivity contribution in [3.8, 4) is 33.1 Å². The lowest BCUT2D eigenvalue weighted by Gasteiger charge is -2.08. The fraction of sp³-hybridized carbons (Fsp3) is 0.143. The number of thiophene rings is 1. The van der Waals surface area contributed by atoms with E-state index in [2.05, 4.69) is 67.3 Å². The van der Waals surface area contributed by atoms with E-state index in [0.717, 1.165) is 44.6 Å². The largest absolute Gasteiger partial charge is 0.353 e. The molecule has 0 aliphatic rings. The molecule has 0 saturated carbocycles. The van der Waals surface area contributed by atoms with Crippen LogP contribution in [0, 0.1) is 5.92 Å². The molecular formula is C28H24N6OS. The summed E-state index contributed by atoms with van der Waals surface area (Å²) in [5, 5.41) is 13.9. The topological polar surface area (TPSA) is 99.4 Å². The van der Waals surface area contributed by atoms with Crippen molar-refractivity contribution in [1.82, 2.24) is 25.1 Å². The zero-order valence-corrected chi connectivity index (χ0v) is 20.7. The van der Waals surface area contributed by atoms with E-state index in [1.165, 1.54) is 10.4 Å². The van der Waals surface area contributed by atoms with Crippen LogP contribution < -0.4 is 5.32 Å². The summed E-state index contributed by atoms with van der Waals surface area (Å²) in [6, 6.07) is 18.4. The van der Waals surface area contributed by atoms with Crippen LogP contribution in [0.3, 0.4) is 0 Å². The summed E-state index contributed by atoms with van der Waals surface area (Å²) >= 11 is 1.73. The second-order valence-electron chi connectivity index (χ2n) is 9.20. The van der Waals surface area contributed by atoms with Crippen LogP contribution in [0.4, 0.5) is 5.69 Å². The number of H-pyrrole nitrogens is 2. The number of carbonyl (C=O) groups excluding carboxylic acids is 1. The van der Waals surface area contributed by atoms with E-state index < -0.39 is 0 Å². The highest BCUT2D eigenvalue weighted by atomic mass is 32.1. The molecular weight excluding hydrogens is 468 g/mol. The van der Waals surface area contributed by atoms with Gasteiger partial charge in [-0.2, -0.15) is 5.10 Å². The lowest BCUT2D eigenvalue weighted by Crippen LogP contribution is -2.13. The molecule has 5 aromatic heterocycles. The minimum atomic E-state index is -0.0230. The maximum atomic E-state index is 12.2. The van der Waals surface area contributed by atoms with E-state index in [1.807, 2.05) is 32.0 Å². The van der Waals surface area contributed by atoms with Crippen molar-refractivity contribution in [2.75, 3.05) is 5.32 Å². The van der Waals surface area contributed by atoms with Gasteiger partial charge in [0, 0.05) is 39.5 Å². The minimum absolute atomic E-state index is 0.0230. The van der Waals surface area contributed by atoms with Crippen LogP contribution in [0.1, 0.15) is 20.3 Å². The Morgan fingerprint density at radius 1 is 1.06 bits per heavy atom. The Morgan fingerprint density at radius 3 is 2.81 bits per heavy atom. The number of hydrogen-bond acceptors (Lipinski definition) is 5. The first kappa shape index (κ1) is 22.2. The van der Waals surface area contributed by atoms with Crippen LogP contribution in [0.5, 0.6) is 0 Å². The molecule has 6 aromatic rings. The summed E-state index contributed by atoms with van der Waals surface area (Å²) in [6.07, 6.45) is 3.87. The summed E-state index contributed by atoms with van der Waals surface area (Å²) in [5.41, 5.74) is 7.76. The van der Waals surface area contributed by atoms with Crippen molar-refractivity contribution in [2.24, 2.45) is 5.92 Å². The van der Waals surface area contributed by atoms with E-state index in [9.17, 15) is 4.79 Å². The molecule has 0 unspecified atom stereocenters. The first-order valence-corrected chi connectivity index (χ1v) is 12.7. The van der Waals surface area contributed by atoms with Gasteiger partial charge in [-0.3, -0.25) is 14.9 Å². The molecule has 0 radical (unpaired) electrons. The average Bonchev–Trinajstić information content (AvgIpc) is 3.62. The molecule has 1 aromatic carbocycles. The Bertz CT molecular complexity index is 1700. The monoisotopic (exact) mass is 492 g/mol. The van der Waals surface area contributed by atoms with Gasteiger partial charge >= 0.3 is 0 Å². The Labute approximate surface area is 211 Å². The van der Waals surface area contributed by atoms with Crippen LogP contribution in [-0.4, -0.2) is 31.1 Å². The van der Waals surface area contributed by atoms with Gasteiger partial charge in [-0.25, -0.2) is 4.98 Å². The third-order valence-corrected chi connectivity index (χ3v) is 6.93. The highest BCUT2D eigenvalue weighted by Crippen LogP contribution is 2.35. The van der Waals surface area contributed by atoms with E-state index in [0.29, 0.717) is 12.1 Å². The van der Waals surface area contributed by atoms with Gasteiger partial charge in [0.15, 0.2) is 0 Å². The summed E-state index contributed by atoms with van der Waals surface area (Å²) in [6.45, 7) is 4.04. The van der Waals surface area contributed by atoms with Crippen LogP contribution in [-0.2, 0) is 4.79 Å². The number of carbonyl (C=O) groups is 1. The molecule has 0 atom stereocenters. The van der Waals surface area contributed by atoms with Crippen molar-refractivity contribution >= 4 is 44.9 Å². The van der Waals surface area contributed by atoms with Gasteiger partial charge in [0.05, 0.1) is 28.8 Å². The van der Waals surface area contributed by atoms with Crippen molar-refractivity contribution < 1.29 is 4.79 Å². The Morgan fingerprint density at radius 2 is 1.97 bits per heavy atom. The number of nitrogens with one attached hydrogen (secondary N) is 3. The third kappa shape index (κ3) is 4.16. The molecule has 0 bridgehead atoms. The van der Waals surface area contributed by atoms with E-state index >= 15 is 0 Å². The number of aromatic amines is 2. The quantitative estimate of drug-likeness (QED) is 0.236. The van der Waals surface area contributed by atoms with Crippen molar-refractivity contribution in [3.63, 3.8) is 0 Å². The first-order valence-electron chi connectivity index (χ1n) is 11.8. The van der Waals surface area contributed by atoms with Crippen molar-refractivity contribution in [1.29, 1.82) is 0 Å². The Balaban J connectivity index is 1.38. The zero-order valence-electron chi connectivity index (χ0n) is 19.9. The normalized spacial score (nSPS) is 11.5. The second-order valence-corrected chi connectivity index (χ2v) is 10.1. The number of fused-ring (bicyclic) bond motifs is 2. The first-order chi connectivity index (χ1) is 17.5. The zero-order chi connectivity index (χ0) is 24.6. The lowest BCUT2D eigenvalue weighted by molar-refractivity contribution is -0.116. The molecule has 36 heavy (non-hydrogen) atoms. The SMILES string of the molecule is CC(C)CC(=O)Nc1cncc(-c2ccc3[nH]nc(-c4cc5c(-c6cccs6)cccc5[nH]4)c3n2)c1. The van der Waals surface area contributed by atoms with Gasteiger partial charge in [-0.15, -0.1) is 11.3 Å². The summed E-state index contributed by atoms with van der Waals surface area (Å²) in [7, 11) is 0. The number of aromatic nitrogens is 5. The Hall–Kier alpha value is -4.30. The molecule has 0 spiro atoms. The van der Waals surface area contributed by atoms with Crippen LogP contribution >= 0.6 is 11.3 Å². The molecule has 8 heteroatoms. The van der Waals surface area contributed by atoms with Gasteiger partial charge < -0.3 is 10.3 Å². The number of hydrogen-bond donors (Lipinski definition) is 3. The van der Waals surface area contributed by atoms with E-state index in [4.69, 9.17) is 4.98 Å². The number of amides is 1. The van der Waals surface area contributed by atoms with Gasteiger partial charge in [0.25, 0.3) is 0 Å². The van der Waals surface area contributed by atoms with Crippen molar-refractivity contribution in [2.45, 2.75) is 20.3 Å². The summed E-state index contributed by atoms with van der Waals surface area (Å²) < 4.78 is 0. The molecule has 0 aliphatic carbocycles. The van der Waals surface area contributed by atoms with Gasteiger partial charge in [-0.05, 0) is 47.7 Å². The standard InChI is InChI=1S/C28H24N6OS/c1-16(2)11-26(35)30-18-12-17(14-29-15-18)21-8-9-23-27(32-21)28(34-33-23)24-13-20-19(25-7-4-10-36-25)5-3-6-22(20)31-24/h3-10,12-16,31H,11H2,1-2H3,(H,30,35)(H,33,34). The number of rotatable bonds is 6. The smallest absolute Gasteiger partial charge is 0.224 e. The molecule has 6 rings (SSSR count). The second kappa shape index (κ2) is 9.05. The molecule has 0 saturated heterocycles. The van der Waals surface area contributed by atoms with Crippen molar-refractivity contribution in [3.05, 3.63) is 72.4 Å². The molecule has 178 valence electrons. The predicted molar refractivity (Wildman–Crippen MR) is 146 cm³/mol. The molecule has 1 amide bonds. The lowest BCUT2D eigenvalue weighted by atomic mass is 10.1. The molecule has 7 nitrogen and oxygen atoms in total. The molecule has 0 aliphatic heterocycles. The highest BCUT2D eigenvalue weighted by molar-refractivity contribution is 7.13. The van der Waals surface area contributed by atoms with Crippen LogP contribution in [0.25, 0.3) is 55.0 Å². The molecule has 0 fully saturated rings. The maximum Gasteiger partial charge on any atom is 0.224 e. The maximum absolute atomic E-state index is 12.2. The fourth-order valence-corrected chi connectivity index (χ4v) is 5.17. The molecule has 3 N–H and O–H groups in total. The summed E-state index contributed by atoms with van der Waals surface area (Å²) in [4.78, 5) is 26.2. The fourth-order valence-electron chi connectivity index (χ4n) is 4.41. The molecule has 5 heterocycles. The third-order valence-electron chi connectivity index (χ3n) is 6.03. The minimum Gasteiger partial charge on any atom is -0.353 e. The Kier molecular flexibility index (Phi) is 5.58. The van der Waals surface area contributed by atoms with E-state index in [1.54, 1.807) is 23.7 Å². The predicted octanol–water partition coefficient (Wildman–Crippen LogP) is 6.88. The number of pyridine rings is 2. The van der Waals surface area contributed by atoms with Crippen LogP contribution in [0.2, 0.25) is 0 Å². The van der Waals surface area contributed by atoms with Gasteiger partial charge in [-0.1, -0.05) is 32.0 Å². The number of anilines is 1. The van der Waals surface area contributed by atoms with Gasteiger partial charge in [0.1, 0.15) is 11.2 Å². The van der Waals surface area contributed by atoms with Crippen LogP contribution in [0.15, 0.2) is 72.4 Å². The summed E-state index contributed by atoms with van der Waals surface area (Å²) in [5.74, 6) is 0.265. The van der Waals surface area contributed by atoms with E-state index in [-0.39, 0.29) is 11.8 Å². The number of nitrogens with zero attached hydrogens (tertiary/aromatic N) is 3. The average molecular weight is 493 g/mol.